The molecule has 1 N–H and O–H groups in total. The molecule has 0 radical (unpaired) electrons. The molecule has 1 saturated heterocycles. The average Bonchev–Trinajstić information content (AvgIpc) is 3.04. The lowest BCUT2D eigenvalue weighted by atomic mass is 10.2. The Balaban J connectivity index is 1.65. The Kier molecular flexibility index (Phi) is 7.65. The van der Waals surface area contributed by atoms with Gasteiger partial charge in [0.2, 0.25) is 15.9 Å². The van der Waals surface area contributed by atoms with E-state index in [1.165, 1.54) is 6.08 Å². The van der Waals surface area contributed by atoms with E-state index in [9.17, 15) is 13.2 Å². The van der Waals surface area contributed by atoms with Crippen molar-refractivity contribution < 1.29 is 17.9 Å². The van der Waals surface area contributed by atoms with E-state index >= 15 is 0 Å². The maximum atomic E-state index is 12.8. The molecule has 1 aliphatic rings. The van der Waals surface area contributed by atoms with E-state index in [-0.39, 0.29) is 10.8 Å². The minimum absolute atomic E-state index is 0.253. The van der Waals surface area contributed by atoms with Gasteiger partial charge in [-0.2, -0.15) is 4.31 Å². The van der Waals surface area contributed by atoms with Crippen molar-refractivity contribution in [1.29, 1.82) is 0 Å². The van der Waals surface area contributed by atoms with Crippen LogP contribution in [0.25, 0.3) is 6.08 Å². The third-order valence-corrected chi connectivity index (χ3v) is 6.87. The number of nitrogens with zero attached hydrogens (tertiary/aromatic N) is 1. The first-order valence-corrected chi connectivity index (χ1v) is 11.8. The van der Waals surface area contributed by atoms with Crippen molar-refractivity contribution in [2.24, 2.45) is 0 Å². The second-order valence-electron chi connectivity index (χ2n) is 7.14. The summed E-state index contributed by atoms with van der Waals surface area (Å²) < 4.78 is 32.8. The van der Waals surface area contributed by atoms with Gasteiger partial charge >= 0.3 is 0 Å². The van der Waals surface area contributed by atoms with Crippen LogP contribution in [0.1, 0.15) is 38.2 Å². The molecule has 1 amide bonds. The largest absolute Gasteiger partial charge is 0.493 e. The van der Waals surface area contributed by atoms with Gasteiger partial charge in [-0.05, 0) is 56.2 Å². The van der Waals surface area contributed by atoms with Crippen LogP contribution in [0, 0.1) is 0 Å². The molecule has 2 aromatic rings. The van der Waals surface area contributed by atoms with Crippen molar-refractivity contribution in [3.63, 3.8) is 0 Å². The molecule has 0 bridgehead atoms. The van der Waals surface area contributed by atoms with Crippen LogP contribution < -0.4 is 10.1 Å². The number of nitrogens with one attached hydrogen (secondary N) is 1. The lowest BCUT2D eigenvalue weighted by Crippen LogP contribution is -2.31. The van der Waals surface area contributed by atoms with E-state index < -0.39 is 10.0 Å². The summed E-state index contributed by atoms with van der Waals surface area (Å²) >= 11 is 0. The number of carbonyl (C=O) groups excluding carboxylic acids is 1. The maximum Gasteiger partial charge on any atom is 0.248 e. The van der Waals surface area contributed by atoms with E-state index in [1.807, 2.05) is 31.2 Å². The fourth-order valence-electron chi connectivity index (χ4n) is 3.40. The monoisotopic (exact) mass is 428 g/mol. The third-order valence-electron chi connectivity index (χ3n) is 4.96. The Labute approximate surface area is 178 Å². The highest BCUT2D eigenvalue weighted by molar-refractivity contribution is 7.89. The molecule has 1 fully saturated rings. The second kappa shape index (κ2) is 10.4. The zero-order valence-corrected chi connectivity index (χ0v) is 18.0. The SMILES string of the molecule is CCOc1ccccc1C=CC(=O)Nc1ccc(S(=O)(=O)N2CCCCCC2)cc1. The van der Waals surface area contributed by atoms with Crippen molar-refractivity contribution in [3.8, 4) is 5.75 Å². The van der Waals surface area contributed by atoms with Crippen LogP contribution in [0.15, 0.2) is 59.5 Å². The minimum atomic E-state index is -3.49. The van der Waals surface area contributed by atoms with E-state index in [0.717, 1.165) is 31.2 Å². The first kappa shape index (κ1) is 22.1. The number of hydrogen-bond acceptors (Lipinski definition) is 4. The fraction of sp³-hybridized carbons (Fsp3) is 0.348. The average molecular weight is 429 g/mol. The lowest BCUT2D eigenvalue weighted by molar-refractivity contribution is -0.111. The maximum absolute atomic E-state index is 12.8. The highest BCUT2D eigenvalue weighted by atomic mass is 32.2. The van der Waals surface area contributed by atoms with Gasteiger partial charge in [0.05, 0.1) is 11.5 Å². The Morgan fingerprint density at radius 3 is 2.37 bits per heavy atom. The van der Waals surface area contributed by atoms with Gasteiger partial charge in [-0.1, -0.05) is 31.0 Å². The molecule has 3 rings (SSSR count). The number of rotatable bonds is 7. The molecule has 0 aliphatic carbocycles. The van der Waals surface area contributed by atoms with Crippen LogP contribution in [-0.2, 0) is 14.8 Å². The van der Waals surface area contributed by atoms with Crippen LogP contribution in [0.5, 0.6) is 5.75 Å². The van der Waals surface area contributed by atoms with Gasteiger partial charge in [0, 0.05) is 30.4 Å². The molecule has 0 aromatic heterocycles. The zero-order chi connectivity index (χ0) is 21.4. The summed E-state index contributed by atoms with van der Waals surface area (Å²) in [5.41, 5.74) is 1.35. The first-order valence-electron chi connectivity index (χ1n) is 10.3. The van der Waals surface area contributed by atoms with Crippen LogP contribution >= 0.6 is 0 Å². The Morgan fingerprint density at radius 1 is 1.03 bits per heavy atom. The smallest absolute Gasteiger partial charge is 0.248 e. The van der Waals surface area contributed by atoms with Crippen LogP contribution in [-0.4, -0.2) is 38.3 Å². The summed E-state index contributed by atoms with van der Waals surface area (Å²) in [5.74, 6) is 0.413. The predicted molar refractivity (Wildman–Crippen MR) is 119 cm³/mol. The van der Waals surface area contributed by atoms with Crippen molar-refractivity contribution in [1.82, 2.24) is 4.31 Å². The van der Waals surface area contributed by atoms with E-state index in [1.54, 1.807) is 34.6 Å². The summed E-state index contributed by atoms with van der Waals surface area (Å²) in [5, 5.41) is 2.76. The number of hydrogen-bond donors (Lipinski definition) is 1. The molecule has 0 spiro atoms. The van der Waals surface area contributed by atoms with Crippen molar-refractivity contribution >= 4 is 27.7 Å². The normalized spacial score (nSPS) is 15.6. The predicted octanol–water partition coefficient (Wildman–Crippen LogP) is 4.30. The molecule has 6 nitrogen and oxygen atoms in total. The van der Waals surface area contributed by atoms with Gasteiger partial charge in [-0.15, -0.1) is 0 Å². The first-order chi connectivity index (χ1) is 14.5. The second-order valence-corrected chi connectivity index (χ2v) is 9.07. The van der Waals surface area contributed by atoms with Crippen LogP contribution in [0.2, 0.25) is 0 Å². The summed E-state index contributed by atoms with van der Waals surface area (Å²) in [4.78, 5) is 12.5. The number of sulfonamides is 1. The van der Waals surface area contributed by atoms with E-state index in [0.29, 0.717) is 31.1 Å². The molecule has 2 aromatic carbocycles. The molecule has 0 saturated carbocycles. The number of benzene rings is 2. The Bertz CT molecular complexity index is 977. The number of carbonyl (C=O) groups is 1. The van der Waals surface area contributed by atoms with Gasteiger partial charge in [0.15, 0.2) is 0 Å². The van der Waals surface area contributed by atoms with Crippen LogP contribution in [0.3, 0.4) is 0 Å². The molecule has 0 unspecified atom stereocenters. The van der Waals surface area contributed by atoms with Gasteiger partial charge < -0.3 is 10.1 Å². The standard InChI is InChI=1S/C23H28N2O4S/c1-2-29-22-10-6-5-9-19(22)11-16-23(26)24-20-12-14-21(15-13-20)30(27,28)25-17-7-3-4-8-18-25/h5-6,9-16H,2-4,7-8,17-18H2,1H3,(H,24,26). The van der Waals surface area contributed by atoms with Gasteiger partial charge in [0.1, 0.15) is 5.75 Å². The molecule has 30 heavy (non-hydrogen) atoms. The summed E-state index contributed by atoms with van der Waals surface area (Å²) in [6.07, 6.45) is 7.05. The highest BCUT2D eigenvalue weighted by Gasteiger charge is 2.24. The van der Waals surface area contributed by atoms with E-state index in [2.05, 4.69) is 5.32 Å². The Morgan fingerprint density at radius 2 is 1.70 bits per heavy atom. The highest BCUT2D eigenvalue weighted by Crippen LogP contribution is 2.22. The minimum Gasteiger partial charge on any atom is -0.493 e. The molecule has 1 heterocycles. The number of anilines is 1. The van der Waals surface area contributed by atoms with Gasteiger partial charge in [-0.25, -0.2) is 8.42 Å². The zero-order valence-electron chi connectivity index (χ0n) is 17.2. The quantitative estimate of drug-likeness (QED) is 0.667. The number of amides is 1. The molecule has 160 valence electrons. The lowest BCUT2D eigenvalue weighted by Gasteiger charge is -2.20. The Hall–Kier alpha value is -2.64. The molecular formula is C23H28N2O4S. The van der Waals surface area contributed by atoms with Crippen molar-refractivity contribution in [3.05, 3.63) is 60.2 Å². The van der Waals surface area contributed by atoms with Crippen molar-refractivity contribution in [2.45, 2.75) is 37.5 Å². The number of para-hydroxylation sites is 1. The molecular weight excluding hydrogens is 400 g/mol. The van der Waals surface area contributed by atoms with Gasteiger partial charge in [0.25, 0.3) is 0 Å². The summed E-state index contributed by atoms with van der Waals surface area (Å²) in [7, 11) is -3.49. The molecule has 1 aliphatic heterocycles. The van der Waals surface area contributed by atoms with Crippen LogP contribution in [0.4, 0.5) is 5.69 Å². The topological polar surface area (TPSA) is 75.7 Å². The number of ether oxygens (including phenoxy) is 1. The van der Waals surface area contributed by atoms with Gasteiger partial charge in [-0.3, -0.25) is 4.79 Å². The molecule has 7 heteroatoms. The van der Waals surface area contributed by atoms with E-state index in [4.69, 9.17) is 4.74 Å². The third kappa shape index (κ3) is 5.70. The summed E-state index contributed by atoms with van der Waals surface area (Å²) in [6.45, 7) is 3.58. The summed E-state index contributed by atoms with van der Waals surface area (Å²) in [6, 6.07) is 13.8. The molecule has 0 atom stereocenters. The van der Waals surface area contributed by atoms with Crippen molar-refractivity contribution in [2.75, 3.05) is 25.0 Å². The fourth-order valence-corrected chi connectivity index (χ4v) is 4.91.